The first kappa shape index (κ1) is 18.3. The van der Waals surface area contributed by atoms with Crippen molar-refractivity contribution in [2.45, 2.75) is 49.2 Å². The Morgan fingerprint density at radius 3 is 2.68 bits per heavy atom. The van der Waals surface area contributed by atoms with Crippen LogP contribution in [-0.4, -0.2) is 38.7 Å². The molecule has 0 spiro atoms. The summed E-state index contributed by atoms with van der Waals surface area (Å²) >= 11 is 3.23. The quantitative estimate of drug-likeness (QED) is 0.536. The van der Waals surface area contributed by atoms with E-state index in [1.807, 2.05) is 0 Å². The van der Waals surface area contributed by atoms with Crippen molar-refractivity contribution in [3.63, 3.8) is 0 Å². The summed E-state index contributed by atoms with van der Waals surface area (Å²) in [4.78, 5) is 13.3. The zero-order chi connectivity index (χ0) is 17.6. The van der Waals surface area contributed by atoms with Gasteiger partial charge < -0.3 is 9.88 Å². The molecule has 1 aromatic heterocycles. The van der Waals surface area contributed by atoms with Crippen LogP contribution in [0.3, 0.4) is 0 Å². The van der Waals surface area contributed by atoms with E-state index in [1.54, 1.807) is 11.8 Å². The Bertz CT molecular complexity index is 710. The number of thioether (sulfide) groups is 2. The summed E-state index contributed by atoms with van der Waals surface area (Å²) in [6.45, 7) is 5.71. The van der Waals surface area contributed by atoms with E-state index in [0.717, 1.165) is 23.3 Å². The first-order valence-electron chi connectivity index (χ1n) is 8.69. The molecule has 0 saturated heterocycles. The maximum Gasteiger partial charge on any atom is 0.230 e. The van der Waals surface area contributed by atoms with Crippen LogP contribution < -0.4 is 5.32 Å². The van der Waals surface area contributed by atoms with Crippen molar-refractivity contribution >= 4 is 29.4 Å². The van der Waals surface area contributed by atoms with Crippen LogP contribution in [0.2, 0.25) is 0 Å². The minimum absolute atomic E-state index is 0.0492. The van der Waals surface area contributed by atoms with Crippen LogP contribution in [0.25, 0.3) is 0 Å². The summed E-state index contributed by atoms with van der Waals surface area (Å²) in [7, 11) is 0. The minimum Gasteiger partial charge on any atom is -0.355 e. The number of carbonyl (C=O) groups excluding carboxylic acids is 1. The summed E-state index contributed by atoms with van der Waals surface area (Å²) in [6, 6.07) is 8.45. The average Bonchev–Trinajstić information content (AvgIpc) is 3.38. The van der Waals surface area contributed by atoms with Crippen LogP contribution in [0, 0.1) is 6.92 Å². The summed E-state index contributed by atoms with van der Waals surface area (Å²) in [5.74, 6) is 2.97. The van der Waals surface area contributed by atoms with Gasteiger partial charge in [0.1, 0.15) is 5.82 Å². The normalized spacial score (nSPS) is 13.8. The third-order valence-electron chi connectivity index (χ3n) is 4.05. The zero-order valence-corrected chi connectivity index (χ0v) is 16.3. The molecule has 0 aliphatic heterocycles. The van der Waals surface area contributed by atoms with Gasteiger partial charge in [0.2, 0.25) is 5.91 Å². The molecule has 1 aliphatic rings. The number of amides is 1. The van der Waals surface area contributed by atoms with Gasteiger partial charge in [0.05, 0.1) is 5.75 Å². The Hall–Kier alpha value is -1.47. The monoisotopic (exact) mass is 376 g/mol. The standard InChI is InChI=1S/C18H24N4OS2/c1-3-22-17(14-6-7-14)20-21-18(22)25-12-16(23)19-10-11-24-15-8-4-13(2)5-9-15/h4-5,8-9,14H,3,6-7,10-12H2,1-2H3,(H,19,23). The molecule has 7 heteroatoms. The van der Waals surface area contributed by atoms with Crippen molar-refractivity contribution in [1.82, 2.24) is 20.1 Å². The molecule has 3 rings (SSSR count). The number of nitrogens with zero attached hydrogens (tertiary/aromatic N) is 3. The van der Waals surface area contributed by atoms with Gasteiger partial charge in [-0.15, -0.1) is 22.0 Å². The van der Waals surface area contributed by atoms with E-state index in [-0.39, 0.29) is 5.91 Å². The predicted octanol–water partition coefficient (Wildman–Crippen LogP) is 3.48. The van der Waals surface area contributed by atoms with Gasteiger partial charge in [-0.3, -0.25) is 4.79 Å². The molecule has 25 heavy (non-hydrogen) atoms. The average molecular weight is 377 g/mol. The first-order valence-corrected chi connectivity index (χ1v) is 10.7. The lowest BCUT2D eigenvalue weighted by atomic mass is 10.2. The fourth-order valence-corrected chi connectivity index (χ4v) is 4.13. The second kappa shape index (κ2) is 8.76. The van der Waals surface area contributed by atoms with Crippen molar-refractivity contribution in [2.75, 3.05) is 18.1 Å². The molecule has 1 heterocycles. The molecule has 1 saturated carbocycles. The Morgan fingerprint density at radius 2 is 2.00 bits per heavy atom. The highest BCUT2D eigenvalue weighted by Gasteiger charge is 2.30. The molecular weight excluding hydrogens is 352 g/mol. The SMILES string of the molecule is CCn1c(SCC(=O)NCCSc2ccc(C)cc2)nnc1C1CC1. The third kappa shape index (κ3) is 5.25. The number of rotatable bonds is 9. The van der Waals surface area contributed by atoms with Crippen LogP contribution >= 0.6 is 23.5 Å². The molecule has 1 fully saturated rings. The number of nitrogens with one attached hydrogen (secondary N) is 1. The molecule has 0 atom stereocenters. The second-order valence-corrected chi connectivity index (χ2v) is 8.27. The number of aromatic nitrogens is 3. The zero-order valence-electron chi connectivity index (χ0n) is 14.7. The molecule has 1 aliphatic carbocycles. The Kier molecular flexibility index (Phi) is 6.42. The van der Waals surface area contributed by atoms with Crippen molar-refractivity contribution < 1.29 is 4.79 Å². The fraction of sp³-hybridized carbons (Fsp3) is 0.500. The van der Waals surface area contributed by atoms with E-state index in [9.17, 15) is 4.79 Å². The molecule has 0 unspecified atom stereocenters. The van der Waals surface area contributed by atoms with Gasteiger partial charge in [0.25, 0.3) is 0 Å². The van der Waals surface area contributed by atoms with E-state index in [2.05, 4.69) is 58.2 Å². The Morgan fingerprint density at radius 1 is 1.24 bits per heavy atom. The van der Waals surface area contributed by atoms with Crippen molar-refractivity contribution in [2.24, 2.45) is 0 Å². The molecule has 1 amide bonds. The maximum atomic E-state index is 12.0. The number of aryl methyl sites for hydroxylation is 1. The largest absolute Gasteiger partial charge is 0.355 e. The van der Waals surface area contributed by atoms with Crippen molar-refractivity contribution in [1.29, 1.82) is 0 Å². The summed E-state index contributed by atoms with van der Waals surface area (Å²) in [5, 5.41) is 12.4. The molecule has 0 bridgehead atoms. The summed E-state index contributed by atoms with van der Waals surface area (Å²) in [6.07, 6.45) is 2.42. The molecule has 1 aromatic carbocycles. The molecule has 134 valence electrons. The molecule has 0 radical (unpaired) electrons. The van der Waals surface area contributed by atoms with Gasteiger partial charge in [-0.1, -0.05) is 29.5 Å². The summed E-state index contributed by atoms with van der Waals surface area (Å²) < 4.78 is 2.14. The highest BCUT2D eigenvalue weighted by Crippen LogP contribution is 2.39. The van der Waals surface area contributed by atoms with Gasteiger partial charge in [0, 0.05) is 29.7 Å². The Balaban J connectivity index is 1.37. The van der Waals surface area contributed by atoms with E-state index >= 15 is 0 Å². The first-order chi connectivity index (χ1) is 12.2. The van der Waals surface area contributed by atoms with Gasteiger partial charge in [-0.05, 0) is 38.8 Å². The number of benzene rings is 1. The Labute approximate surface area is 157 Å². The lowest BCUT2D eigenvalue weighted by molar-refractivity contribution is -0.118. The van der Waals surface area contributed by atoms with E-state index in [4.69, 9.17) is 0 Å². The van der Waals surface area contributed by atoms with Gasteiger partial charge in [0.15, 0.2) is 5.16 Å². The van der Waals surface area contributed by atoms with E-state index < -0.39 is 0 Å². The topological polar surface area (TPSA) is 59.8 Å². The number of hydrogen-bond donors (Lipinski definition) is 1. The van der Waals surface area contributed by atoms with Crippen LogP contribution in [-0.2, 0) is 11.3 Å². The van der Waals surface area contributed by atoms with Gasteiger partial charge in [-0.2, -0.15) is 0 Å². The second-order valence-electron chi connectivity index (χ2n) is 6.16. The van der Waals surface area contributed by atoms with E-state index in [1.165, 1.54) is 35.1 Å². The lowest BCUT2D eigenvalue weighted by Gasteiger charge is -2.07. The maximum absolute atomic E-state index is 12.0. The van der Waals surface area contributed by atoms with E-state index in [0.29, 0.717) is 18.2 Å². The van der Waals surface area contributed by atoms with Crippen LogP contribution in [0.1, 0.15) is 37.1 Å². The third-order valence-corrected chi connectivity index (χ3v) is 6.03. The van der Waals surface area contributed by atoms with Gasteiger partial charge in [-0.25, -0.2) is 0 Å². The van der Waals surface area contributed by atoms with Crippen LogP contribution in [0.15, 0.2) is 34.3 Å². The molecular formula is C18H24N4OS2. The summed E-state index contributed by atoms with van der Waals surface area (Å²) in [5.41, 5.74) is 1.26. The lowest BCUT2D eigenvalue weighted by Crippen LogP contribution is -2.27. The molecule has 5 nitrogen and oxygen atoms in total. The van der Waals surface area contributed by atoms with Gasteiger partial charge >= 0.3 is 0 Å². The highest BCUT2D eigenvalue weighted by atomic mass is 32.2. The van der Waals surface area contributed by atoms with Crippen molar-refractivity contribution in [3.05, 3.63) is 35.7 Å². The van der Waals surface area contributed by atoms with Crippen LogP contribution in [0.4, 0.5) is 0 Å². The predicted molar refractivity (Wildman–Crippen MR) is 103 cm³/mol. The molecule has 1 N–H and O–H groups in total. The smallest absolute Gasteiger partial charge is 0.230 e. The number of carbonyl (C=O) groups is 1. The number of hydrogen-bond acceptors (Lipinski definition) is 5. The fourth-order valence-electron chi connectivity index (χ4n) is 2.52. The highest BCUT2D eigenvalue weighted by molar-refractivity contribution is 7.99. The minimum atomic E-state index is 0.0492. The molecule has 2 aromatic rings. The van der Waals surface area contributed by atoms with Crippen LogP contribution in [0.5, 0.6) is 0 Å². The van der Waals surface area contributed by atoms with Crippen molar-refractivity contribution in [3.8, 4) is 0 Å².